The fourth-order valence-corrected chi connectivity index (χ4v) is 1.59. The van der Waals surface area contributed by atoms with E-state index in [1.54, 1.807) is 7.11 Å². The van der Waals surface area contributed by atoms with Gasteiger partial charge in [-0.25, -0.2) is 9.97 Å². The maximum atomic E-state index is 5.15. The van der Waals surface area contributed by atoms with Crippen molar-refractivity contribution in [3.05, 3.63) is 11.9 Å². The predicted octanol–water partition coefficient (Wildman–Crippen LogP) is 2.05. The monoisotopic (exact) mass is 238 g/mol. The van der Waals surface area contributed by atoms with Crippen LogP contribution in [0.25, 0.3) is 0 Å². The van der Waals surface area contributed by atoms with Crippen molar-refractivity contribution in [3.63, 3.8) is 0 Å². The van der Waals surface area contributed by atoms with Crippen LogP contribution in [0.3, 0.4) is 0 Å². The largest absolute Gasteiger partial charge is 0.383 e. The minimum Gasteiger partial charge on any atom is -0.383 e. The zero-order chi connectivity index (χ0) is 12.7. The van der Waals surface area contributed by atoms with Crippen molar-refractivity contribution >= 4 is 11.6 Å². The minimum absolute atomic E-state index is 0.281. The summed E-state index contributed by atoms with van der Waals surface area (Å²) in [6.45, 7) is 7.59. The van der Waals surface area contributed by atoms with Crippen LogP contribution in [-0.2, 0) is 4.74 Å². The molecule has 0 fully saturated rings. The average molecular weight is 238 g/mol. The van der Waals surface area contributed by atoms with Crippen LogP contribution >= 0.6 is 0 Å². The van der Waals surface area contributed by atoms with E-state index in [-0.39, 0.29) is 6.04 Å². The number of aromatic nitrogens is 2. The van der Waals surface area contributed by atoms with E-state index in [9.17, 15) is 0 Å². The Morgan fingerprint density at radius 1 is 1.29 bits per heavy atom. The number of anilines is 2. The molecule has 0 saturated heterocycles. The van der Waals surface area contributed by atoms with Crippen molar-refractivity contribution in [2.24, 2.45) is 0 Å². The molecule has 17 heavy (non-hydrogen) atoms. The van der Waals surface area contributed by atoms with Gasteiger partial charge in [0, 0.05) is 19.7 Å². The van der Waals surface area contributed by atoms with E-state index in [4.69, 9.17) is 4.74 Å². The molecule has 1 rings (SSSR count). The number of aryl methyl sites for hydroxylation is 1. The van der Waals surface area contributed by atoms with Gasteiger partial charge in [0.05, 0.1) is 12.6 Å². The Bertz CT molecular complexity index is 343. The zero-order valence-electron chi connectivity index (χ0n) is 11.1. The lowest BCUT2D eigenvalue weighted by Gasteiger charge is -2.17. The Kier molecular flexibility index (Phi) is 5.69. The molecule has 2 N–H and O–H groups in total. The molecule has 5 heteroatoms. The molecule has 0 spiro atoms. The number of nitrogens with zero attached hydrogens (tertiary/aromatic N) is 2. The lowest BCUT2D eigenvalue weighted by molar-refractivity contribution is 0.184. The van der Waals surface area contributed by atoms with Crippen LogP contribution in [0.5, 0.6) is 0 Å². The normalized spacial score (nSPS) is 12.2. The zero-order valence-corrected chi connectivity index (χ0v) is 11.1. The van der Waals surface area contributed by atoms with Gasteiger partial charge < -0.3 is 15.4 Å². The summed E-state index contributed by atoms with van der Waals surface area (Å²) < 4.78 is 5.15. The van der Waals surface area contributed by atoms with Crippen molar-refractivity contribution in [2.75, 3.05) is 30.9 Å². The van der Waals surface area contributed by atoms with Crippen molar-refractivity contribution < 1.29 is 4.74 Å². The Morgan fingerprint density at radius 3 is 2.59 bits per heavy atom. The molecule has 0 aromatic carbocycles. The van der Waals surface area contributed by atoms with Gasteiger partial charge >= 0.3 is 0 Å². The topological polar surface area (TPSA) is 59.1 Å². The highest BCUT2D eigenvalue weighted by Crippen LogP contribution is 2.12. The lowest BCUT2D eigenvalue weighted by Crippen LogP contribution is -2.24. The van der Waals surface area contributed by atoms with Gasteiger partial charge in [-0.15, -0.1) is 0 Å². The van der Waals surface area contributed by atoms with Gasteiger partial charge in [0.1, 0.15) is 17.5 Å². The number of nitrogens with one attached hydrogen (secondary N) is 2. The number of ether oxygens (including phenoxy) is 1. The number of hydrogen-bond donors (Lipinski definition) is 2. The Morgan fingerprint density at radius 2 is 2.00 bits per heavy atom. The van der Waals surface area contributed by atoms with Gasteiger partial charge in [-0.2, -0.15) is 0 Å². The standard InChI is InChI=1S/C12H22N4O/c1-5-10(8-17-4)16-12-7-11(13-6-2)14-9(3)15-12/h7,10H,5-6,8H2,1-4H3,(H2,13,14,15,16). The summed E-state index contributed by atoms with van der Waals surface area (Å²) in [5.74, 6) is 2.46. The van der Waals surface area contributed by atoms with Crippen molar-refractivity contribution in [1.82, 2.24) is 9.97 Å². The van der Waals surface area contributed by atoms with Crippen LogP contribution in [0.1, 0.15) is 26.1 Å². The fourth-order valence-electron chi connectivity index (χ4n) is 1.59. The Hall–Kier alpha value is -1.36. The quantitative estimate of drug-likeness (QED) is 0.761. The molecule has 1 aromatic rings. The average Bonchev–Trinajstić information content (AvgIpc) is 2.28. The number of methoxy groups -OCH3 is 1. The summed E-state index contributed by atoms with van der Waals surface area (Å²) >= 11 is 0. The van der Waals surface area contributed by atoms with Gasteiger partial charge in [-0.3, -0.25) is 0 Å². The third kappa shape index (κ3) is 4.56. The van der Waals surface area contributed by atoms with Crippen LogP contribution in [0.15, 0.2) is 6.07 Å². The first-order valence-corrected chi connectivity index (χ1v) is 6.04. The first-order valence-electron chi connectivity index (χ1n) is 6.04. The van der Waals surface area contributed by atoms with E-state index in [1.165, 1.54) is 0 Å². The second-order valence-electron chi connectivity index (χ2n) is 3.92. The minimum atomic E-state index is 0.281. The molecule has 0 amide bonds. The van der Waals surface area contributed by atoms with E-state index >= 15 is 0 Å². The Labute approximate surface area is 103 Å². The van der Waals surface area contributed by atoms with Crippen LogP contribution in [0.4, 0.5) is 11.6 Å². The molecule has 5 nitrogen and oxygen atoms in total. The van der Waals surface area contributed by atoms with Gasteiger partial charge in [-0.1, -0.05) is 6.92 Å². The molecule has 0 radical (unpaired) electrons. The van der Waals surface area contributed by atoms with E-state index in [0.717, 1.165) is 30.4 Å². The van der Waals surface area contributed by atoms with Gasteiger partial charge in [0.15, 0.2) is 0 Å². The molecular weight excluding hydrogens is 216 g/mol. The second-order valence-corrected chi connectivity index (χ2v) is 3.92. The highest BCUT2D eigenvalue weighted by molar-refractivity contribution is 5.47. The lowest BCUT2D eigenvalue weighted by atomic mass is 10.2. The van der Waals surface area contributed by atoms with E-state index in [0.29, 0.717) is 6.61 Å². The molecule has 0 bridgehead atoms. The SMILES string of the molecule is CCNc1cc(NC(CC)COC)nc(C)n1. The van der Waals surface area contributed by atoms with Crippen LogP contribution < -0.4 is 10.6 Å². The molecule has 0 aliphatic heterocycles. The van der Waals surface area contributed by atoms with Crippen molar-refractivity contribution in [1.29, 1.82) is 0 Å². The summed E-state index contributed by atoms with van der Waals surface area (Å²) in [7, 11) is 1.71. The summed E-state index contributed by atoms with van der Waals surface area (Å²) in [6.07, 6.45) is 0.993. The first kappa shape index (κ1) is 13.7. The highest BCUT2D eigenvalue weighted by atomic mass is 16.5. The number of rotatable bonds is 7. The Balaban J connectivity index is 2.75. The van der Waals surface area contributed by atoms with Gasteiger partial charge in [0.2, 0.25) is 0 Å². The van der Waals surface area contributed by atoms with Crippen LogP contribution in [0.2, 0.25) is 0 Å². The second kappa shape index (κ2) is 7.06. The molecule has 0 aliphatic rings. The summed E-state index contributed by atoms with van der Waals surface area (Å²) in [4.78, 5) is 8.68. The van der Waals surface area contributed by atoms with E-state index in [1.807, 2.05) is 19.9 Å². The van der Waals surface area contributed by atoms with E-state index in [2.05, 4.69) is 27.5 Å². The fraction of sp³-hybridized carbons (Fsp3) is 0.667. The molecule has 1 aromatic heterocycles. The smallest absolute Gasteiger partial charge is 0.132 e. The molecular formula is C12H22N4O. The first-order chi connectivity index (χ1) is 8.19. The summed E-state index contributed by atoms with van der Waals surface area (Å²) in [5, 5.41) is 6.54. The van der Waals surface area contributed by atoms with Gasteiger partial charge in [0.25, 0.3) is 0 Å². The number of hydrogen-bond acceptors (Lipinski definition) is 5. The summed E-state index contributed by atoms with van der Waals surface area (Å²) in [6, 6.07) is 2.21. The van der Waals surface area contributed by atoms with Gasteiger partial charge in [-0.05, 0) is 20.3 Å². The maximum Gasteiger partial charge on any atom is 0.132 e. The van der Waals surface area contributed by atoms with Crippen LogP contribution in [0, 0.1) is 6.92 Å². The predicted molar refractivity (Wildman–Crippen MR) is 70.5 cm³/mol. The third-order valence-electron chi connectivity index (χ3n) is 2.41. The molecule has 1 unspecified atom stereocenters. The third-order valence-corrected chi connectivity index (χ3v) is 2.41. The van der Waals surface area contributed by atoms with E-state index < -0.39 is 0 Å². The van der Waals surface area contributed by atoms with Crippen molar-refractivity contribution in [3.8, 4) is 0 Å². The van der Waals surface area contributed by atoms with Crippen LogP contribution in [-0.4, -0.2) is 36.3 Å². The molecule has 0 aliphatic carbocycles. The molecule has 0 saturated carbocycles. The van der Waals surface area contributed by atoms with Crippen molar-refractivity contribution in [2.45, 2.75) is 33.2 Å². The summed E-state index contributed by atoms with van der Waals surface area (Å²) in [5.41, 5.74) is 0. The highest BCUT2D eigenvalue weighted by Gasteiger charge is 2.08. The molecule has 1 heterocycles. The molecule has 1 atom stereocenters. The maximum absolute atomic E-state index is 5.15. The molecule has 96 valence electrons.